The molecule has 1 saturated heterocycles. The summed E-state index contributed by atoms with van der Waals surface area (Å²) in [6, 6.07) is 7.15. The molecular formula is C28H24F4N6O3S. The summed E-state index contributed by atoms with van der Waals surface area (Å²) in [7, 11) is -2.50. The quantitative estimate of drug-likeness (QED) is 0.249. The lowest BCUT2D eigenvalue weighted by Crippen LogP contribution is -2.53. The first kappa shape index (κ1) is 28.0. The van der Waals surface area contributed by atoms with Crippen LogP contribution in [0.4, 0.5) is 17.6 Å². The van der Waals surface area contributed by atoms with Crippen LogP contribution < -0.4 is 0 Å². The third-order valence-electron chi connectivity index (χ3n) is 8.01. The standard InChI is InChI=1S/C28H24F4N6O3S/c1-17-25(15-34-36(17)2)42(40,41)37-10-8-19-12-24-18(14-35-38(24)22-5-3-21(29)4-6-22)13-27(19,16-37)26(39)23-11-20(7-9-33-23)28(30,31)32/h3-7,9,11-12,14-15H,8,10,13,16H2,1-2H3/t27-/m1/s1. The summed E-state index contributed by atoms with van der Waals surface area (Å²) < 4.78 is 86.0. The fraction of sp³-hybridized carbons (Fsp3) is 0.286. The molecule has 1 aliphatic heterocycles. The Bertz CT molecular complexity index is 1860. The largest absolute Gasteiger partial charge is 0.416 e. The highest BCUT2D eigenvalue weighted by atomic mass is 32.2. The maximum atomic E-state index is 14.3. The number of alkyl halides is 3. The number of nitrogens with zero attached hydrogens (tertiary/aromatic N) is 6. The van der Waals surface area contributed by atoms with Crippen LogP contribution in [0.2, 0.25) is 0 Å². The van der Waals surface area contributed by atoms with Crippen LogP contribution in [0.1, 0.15) is 39.4 Å². The van der Waals surface area contributed by atoms with Crippen molar-refractivity contribution in [2.75, 3.05) is 13.1 Å². The Morgan fingerprint density at radius 1 is 1.07 bits per heavy atom. The van der Waals surface area contributed by atoms with Crippen molar-refractivity contribution in [3.63, 3.8) is 0 Å². The second-order valence-corrected chi connectivity index (χ2v) is 12.3. The van der Waals surface area contributed by atoms with Gasteiger partial charge in [-0.25, -0.2) is 17.5 Å². The average molecular weight is 601 g/mol. The number of hydrogen-bond acceptors (Lipinski definition) is 6. The SMILES string of the molecule is Cc1c(S(=O)(=O)N2CCC3=Cc4c(cnn4-c4ccc(F)cc4)C[C@@]3(C(=O)c3cc(C(F)(F)F)ccn3)C2)cnn1C. The van der Waals surface area contributed by atoms with Gasteiger partial charge in [0.1, 0.15) is 16.4 Å². The summed E-state index contributed by atoms with van der Waals surface area (Å²) in [5.74, 6) is -1.14. The van der Waals surface area contributed by atoms with Gasteiger partial charge in [-0.1, -0.05) is 5.57 Å². The molecule has 1 aliphatic carbocycles. The first-order chi connectivity index (χ1) is 19.8. The molecule has 0 saturated carbocycles. The molecular weight excluding hydrogens is 576 g/mol. The predicted octanol–water partition coefficient (Wildman–Crippen LogP) is 4.37. The van der Waals surface area contributed by atoms with Crippen LogP contribution in [0.3, 0.4) is 0 Å². The van der Waals surface area contributed by atoms with Crippen molar-refractivity contribution in [3.8, 4) is 5.69 Å². The number of halogens is 4. The topological polar surface area (TPSA) is 103 Å². The number of aromatic nitrogens is 5. The Kier molecular flexibility index (Phi) is 6.46. The van der Waals surface area contributed by atoms with E-state index in [9.17, 15) is 30.8 Å². The first-order valence-corrected chi connectivity index (χ1v) is 14.4. The number of carbonyl (C=O) groups excluding carboxylic acids is 1. The second kappa shape index (κ2) is 9.70. The van der Waals surface area contributed by atoms with Gasteiger partial charge in [0.15, 0.2) is 5.78 Å². The second-order valence-electron chi connectivity index (χ2n) is 10.4. The minimum atomic E-state index is -4.70. The van der Waals surface area contributed by atoms with Gasteiger partial charge in [-0.05, 0) is 67.8 Å². The summed E-state index contributed by atoms with van der Waals surface area (Å²) in [5.41, 5.74) is -0.254. The Hall–Kier alpha value is -4.17. The van der Waals surface area contributed by atoms with Crippen molar-refractivity contribution in [1.29, 1.82) is 0 Å². The van der Waals surface area contributed by atoms with Gasteiger partial charge in [0, 0.05) is 26.3 Å². The molecule has 2 aliphatic rings. The van der Waals surface area contributed by atoms with Gasteiger partial charge in [0.2, 0.25) is 10.0 Å². The van der Waals surface area contributed by atoms with Crippen molar-refractivity contribution in [2.45, 2.75) is 30.8 Å². The van der Waals surface area contributed by atoms with Gasteiger partial charge in [-0.15, -0.1) is 0 Å². The molecule has 0 amide bonds. The third kappa shape index (κ3) is 4.45. The van der Waals surface area contributed by atoms with Crippen molar-refractivity contribution < 1.29 is 30.8 Å². The Morgan fingerprint density at radius 2 is 1.81 bits per heavy atom. The fourth-order valence-electron chi connectivity index (χ4n) is 5.66. The van der Waals surface area contributed by atoms with E-state index in [4.69, 9.17) is 0 Å². The summed E-state index contributed by atoms with van der Waals surface area (Å²) in [6.07, 6.45) is 0.836. The van der Waals surface area contributed by atoms with E-state index in [0.29, 0.717) is 34.3 Å². The lowest BCUT2D eigenvalue weighted by Gasteiger charge is -2.44. The number of piperidine rings is 1. The molecule has 1 atom stereocenters. The molecule has 1 fully saturated rings. The van der Waals surface area contributed by atoms with E-state index >= 15 is 0 Å². The molecule has 4 heterocycles. The molecule has 4 aromatic rings. The van der Waals surface area contributed by atoms with Gasteiger partial charge in [0.25, 0.3) is 0 Å². The number of Topliss-reactive ketones (excluding diaryl/α,β-unsaturated/α-hetero) is 1. The summed E-state index contributed by atoms with van der Waals surface area (Å²) in [4.78, 5) is 18.2. The zero-order valence-corrected chi connectivity index (χ0v) is 23.2. The van der Waals surface area contributed by atoms with Crippen molar-refractivity contribution in [1.82, 2.24) is 28.9 Å². The van der Waals surface area contributed by atoms with Gasteiger partial charge >= 0.3 is 6.18 Å². The van der Waals surface area contributed by atoms with E-state index in [1.54, 1.807) is 36.9 Å². The highest BCUT2D eigenvalue weighted by Crippen LogP contribution is 2.47. The lowest BCUT2D eigenvalue weighted by molar-refractivity contribution is -0.137. The van der Waals surface area contributed by atoms with Crippen molar-refractivity contribution in [3.05, 3.63) is 94.6 Å². The average Bonchev–Trinajstić information content (AvgIpc) is 3.53. The van der Waals surface area contributed by atoms with Gasteiger partial charge in [-0.2, -0.15) is 27.7 Å². The summed E-state index contributed by atoms with van der Waals surface area (Å²) in [6.45, 7) is 1.33. The lowest BCUT2D eigenvalue weighted by atomic mass is 9.65. The summed E-state index contributed by atoms with van der Waals surface area (Å²) >= 11 is 0. The summed E-state index contributed by atoms with van der Waals surface area (Å²) in [5, 5.41) is 8.47. The van der Waals surface area contributed by atoms with Crippen LogP contribution in [0.25, 0.3) is 11.8 Å². The molecule has 14 heteroatoms. The number of aryl methyl sites for hydroxylation is 1. The van der Waals surface area contributed by atoms with E-state index in [1.807, 2.05) is 0 Å². The number of hydrogen-bond donors (Lipinski definition) is 0. The van der Waals surface area contributed by atoms with Crippen LogP contribution in [-0.4, -0.2) is 56.1 Å². The normalized spacial score (nSPS) is 19.2. The van der Waals surface area contributed by atoms with Crippen molar-refractivity contribution in [2.24, 2.45) is 12.5 Å². The first-order valence-electron chi connectivity index (χ1n) is 12.9. The molecule has 3 aromatic heterocycles. The van der Waals surface area contributed by atoms with Crippen LogP contribution in [-0.2, 0) is 29.7 Å². The van der Waals surface area contributed by atoms with E-state index in [0.717, 1.165) is 12.3 Å². The van der Waals surface area contributed by atoms with Crippen LogP contribution in [0.5, 0.6) is 0 Å². The zero-order chi connectivity index (χ0) is 30.0. The van der Waals surface area contributed by atoms with Gasteiger partial charge in [-0.3, -0.25) is 14.5 Å². The minimum Gasteiger partial charge on any atom is -0.291 e. The van der Waals surface area contributed by atoms with Gasteiger partial charge < -0.3 is 0 Å². The zero-order valence-electron chi connectivity index (χ0n) is 22.4. The number of rotatable bonds is 5. The molecule has 218 valence electrons. The monoisotopic (exact) mass is 600 g/mol. The molecule has 0 bridgehead atoms. The number of fused-ring (bicyclic) bond motifs is 2. The van der Waals surface area contributed by atoms with E-state index in [1.165, 1.54) is 33.5 Å². The number of sulfonamides is 1. The molecule has 0 unspecified atom stereocenters. The Morgan fingerprint density at radius 3 is 2.48 bits per heavy atom. The van der Waals surface area contributed by atoms with E-state index in [2.05, 4.69) is 15.2 Å². The molecule has 6 rings (SSSR count). The molecule has 9 nitrogen and oxygen atoms in total. The smallest absolute Gasteiger partial charge is 0.291 e. The van der Waals surface area contributed by atoms with E-state index in [-0.39, 0.29) is 30.8 Å². The maximum Gasteiger partial charge on any atom is 0.416 e. The van der Waals surface area contributed by atoms with Gasteiger partial charge in [0.05, 0.1) is 40.4 Å². The highest BCUT2D eigenvalue weighted by molar-refractivity contribution is 7.89. The molecule has 0 radical (unpaired) electrons. The van der Waals surface area contributed by atoms with Crippen LogP contribution >= 0.6 is 0 Å². The van der Waals surface area contributed by atoms with Crippen LogP contribution in [0.15, 0.2) is 65.5 Å². The molecule has 0 spiro atoms. The number of ketones is 1. The minimum absolute atomic E-state index is 0.0159. The number of carbonyl (C=O) groups is 1. The molecule has 0 N–H and O–H groups in total. The number of benzene rings is 1. The fourth-order valence-corrected chi connectivity index (χ4v) is 7.34. The highest BCUT2D eigenvalue weighted by Gasteiger charge is 2.52. The van der Waals surface area contributed by atoms with E-state index < -0.39 is 44.5 Å². The Labute approximate surface area is 238 Å². The maximum absolute atomic E-state index is 14.3. The number of pyridine rings is 1. The third-order valence-corrected chi connectivity index (χ3v) is 9.96. The van der Waals surface area contributed by atoms with Crippen molar-refractivity contribution >= 4 is 21.9 Å². The molecule has 1 aromatic carbocycles. The predicted molar refractivity (Wildman–Crippen MR) is 143 cm³/mol. The van der Waals surface area contributed by atoms with Crippen LogP contribution in [0, 0.1) is 18.2 Å². The molecule has 42 heavy (non-hydrogen) atoms. The Balaban J connectivity index is 1.48.